The van der Waals surface area contributed by atoms with Crippen LogP contribution in [0.4, 0.5) is 10.6 Å². The van der Waals surface area contributed by atoms with Gasteiger partial charge in [0.25, 0.3) is 0 Å². The van der Waals surface area contributed by atoms with Gasteiger partial charge >= 0.3 is 6.09 Å². The SMILES string of the molecule is CC(C)(C)OC(=O)NC(Cc1ccccc1)c1cc(-c2ccccc2OCc2ccccc2)nc2c1CCC(=O)N2. The molecule has 1 aliphatic rings. The molecule has 0 spiro atoms. The van der Waals surface area contributed by atoms with Crippen LogP contribution in [0.3, 0.4) is 0 Å². The van der Waals surface area contributed by atoms with Gasteiger partial charge in [0, 0.05) is 17.5 Å². The molecule has 2 N–H and O–H groups in total. The Morgan fingerprint density at radius 3 is 2.29 bits per heavy atom. The molecule has 2 amide bonds. The Hall–Kier alpha value is -4.65. The number of nitrogens with zero attached hydrogens (tertiary/aromatic N) is 1. The zero-order chi connectivity index (χ0) is 28.8. The fourth-order valence-corrected chi connectivity index (χ4v) is 4.92. The predicted octanol–water partition coefficient (Wildman–Crippen LogP) is 7.02. The molecule has 0 saturated carbocycles. The number of pyridine rings is 1. The molecule has 7 nitrogen and oxygen atoms in total. The Morgan fingerprint density at radius 2 is 1.59 bits per heavy atom. The van der Waals surface area contributed by atoms with Crippen LogP contribution in [0.25, 0.3) is 11.3 Å². The highest BCUT2D eigenvalue weighted by Crippen LogP contribution is 2.37. The van der Waals surface area contributed by atoms with E-state index >= 15 is 0 Å². The van der Waals surface area contributed by atoms with Crippen LogP contribution in [0.1, 0.15) is 55.5 Å². The highest BCUT2D eigenvalue weighted by Gasteiger charge is 2.28. The number of benzene rings is 3. The van der Waals surface area contributed by atoms with Crippen LogP contribution in [-0.2, 0) is 29.0 Å². The van der Waals surface area contributed by atoms with Crippen molar-refractivity contribution in [2.45, 2.75) is 58.3 Å². The Morgan fingerprint density at radius 1 is 0.927 bits per heavy atom. The molecule has 0 fully saturated rings. The first-order chi connectivity index (χ1) is 19.7. The topological polar surface area (TPSA) is 89.6 Å². The van der Waals surface area contributed by atoms with E-state index in [2.05, 4.69) is 10.6 Å². The van der Waals surface area contributed by atoms with Crippen LogP contribution < -0.4 is 15.4 Å². The molecule has 0 saturated heterocycles. The number of alkyl carbamates (subject to hydrolysis) is 1. The van der Waals surface area contributed by atoms with E-state index in [1.165, 1.54) is 0 Å². The molecule has 1 aliphatic heterocycles. The van der Waals surface area contributed by atoms with Gasteiger partial charge in [0.15, 0.2) is 0 Å². The van der Waals surface area contributed by atoms with Crippen molar-refractivity contribution in [3.8, 4) is 17.0 Å². The quantitative estimate of drug-likeness (QED) is 0.247. The second kappa shape index (κ2) is 12.3. The molecule has 1 unspecified atom stereocenters. The lowest BCUT2D eigenvalue weighted by Crippen LogP contribution is -2.36. The number of nitrogens with one attached hydrogen (secondary N) is 2. The van der Waals surface area contributed by atoms with E-state index in [0.29, 0.717) is 43.1 Å². The van der Waals surface area contributed by atoms with Gasteiger partial charge in [0.05, 0.1) is 11.7 Å². The highest BCUT2D eigenvalue weighted by molar-refractivity contribution is 5.93. The van der Waals surface area contributed by atoms with E-state index < -0.39 is 17.7 Å². The first kappa shape index (κ1) is 27.9. The molecule has 41 heavy (non-hydrogen) atoms. The van der Waals surface area contributed by atoms with E-state index in [1.807, 2.05) is 112 Å². The molecule has 2 heterocycles. The van der Waals surface area contributed by atoms with Crippen molar-refractivity contribution in [3.63, 3.8) is 0 Å². The average molecular weight is 550 g/mol. The molecular weight excluding hydrogens is 514 g/mol. The molecule has 1 aromatic heterocycles. The van der Waals surface area contributed by atoms with Gasteiger partial charge < -0.3 is 20.1 Å². The van der Waals surface area contributed by atoms with Crippen LogP contribution in [-0.4, -0.2) is 22.6 Å². The Bertz CT molecular complexity index is 1510. The maximum absolute atomic E-state index is 13.0. The molecule has 1 atom stereocenters. The zero-order valence-corrected chi connectivity index (χ0v) is 23.6. The molecule has 5 rings (SSSR count). The minimum Gasteiger partial charge on any atom is -0.488 e. The number of hydrogen-bond donors (Lipinski definition) is 2. The standard InChI is InChI=1S/C34H35N3O4/c1-34(2,3)41-33(39)36-28(20-23-12-6-4-7-13-23)27-21-29(35-32-25(27)18-19-31(38)37-32)26-16-10-11-17-30(26)40-22-24-14-8-5-9-15-24/h4-17,21,28H,18-20,22H2,1-3H3,(H,36,39)(H,35,37,38). The lowest BCUT2D eigenvalue weighted by atomic mass is 9.90. The largest absolute Gasteiger partial charge is 0.488 e. The molecule has 7 heteroatoms. The number of anilines is 1. The van der Waals surface area contributed by atoms with Gasteiger partial charge in [0.1, 0.15) is 23.8 Å². The van der Waals surface area contributed by atoms with E-state index in [0.717, 1.165) is 27.8 Å². The third-order valence-corrected chi connectivity index (χ3v) is 6.77. The number of amides is 2. The second-order valence-corrected chi connectivity index (χ2v) is 11.1. The van der Waals surface area contributed by atoms with Gasteiger partial charge in [-0.1, -0.05) is 72.8 Å². The number of para-hydroxylation sites is 1. The summed E-state index contributed by atoms with van der Waals surface area (Å²) in [5.74, 6) is 1.11. The summed E-state index contributed by atoms with van der Waals surface area (Å²) >= 11 is 0. The third-order valence-electron chi connectivity index (χ3n) is 6.77. The van der Waals surface area contributed by atoms with Gasteiger partial charge in [-0.2, -0.15) is 0 Å². The summed E-state index contributed by atoms with van der Waals surface area (Å²) in [4.78, 5) is 30.4. The molecule has 0 aliphatic carbocycles. The Kier molecular flexibility index (Phi) is 8.34. The van der Waals surface area contributed by atoms with Gasteiger partial charge in [-0.3, -0.25) is 4.79 Å². The Labute approximate surface area is 240 Å². The second-order valence-electron chi connectivity index (χ2n) is 11.1. The lowest BCUT2D eigenvalue weighted by molar-refractivity contribution is -0.116. The Balaban J connectivity index is 1.57. The first-order valence-electron chi connectivity index (χ1n) is 13.9. The number of rotatable bonds is 8. The normalized spacial score (nSPS) is 13.5. The smallest absolute Gasteiger partial charge is 0.408 e. The number of fused-ring (bicyclic) bond motifs is 1. The number of ether oxygens (including phenoxy) is 2. The molecule has 3 aromatic carbocycles. The maximum atomic E-state index is 13.0. The van der Waals surface area contributed by atoms with E-state index in [1.54, 1.807) is 0 Å². The number of aromatic nitrogens is 1. The van der Waals surface area contributed by atoms with Gasteiger partial charge in [-0.15, -0.1) is 0 Å². The van der Waals surface area contributed by atoms with E-state index in [9.17, 15) is 9.59 Å². The van der Waals surface area contributed by atoms with Crippen LogP contribution in [0.15, 0.2) is 91.0 Å². The van der Waals surface area contributed by atoms with Crippen LogP contribution in [0.5, 0.6) is 5.75 Å². The van der Waals surface area contributed by atoms with E-state index in [-0.39, 0.29) is 5.91 Å². The molecular formula is C34H35N3O4. The van der Waals surface area contributed by atoms with Gasteiger partial charge in [-0.25, -0.2) is 9.78 Å². The summed E-state index contributed by atoms with van der Waals surface area (Å²) in [5, 5.41) is 6.07. The number of carbonyl (C=O) groups is 2. The van der Waals surface area contributed by atoms with Crippen molar-refractivity contribution in [2.24, 2.45) is 0 Å². The summed E-state index contributed by atoms with van der Waals surface area (Å²) in [5.41, 5.74) is 4.71. The lowest BCUT2D eigenvalue weighted by Gasteiger charge is -2.28. The van der Waals surface area contributed by atoms with Crippen molar-refractivity contribution >= 4 is 17.8 Å². The number of carbonyl (C=O) groups excluding carboxylic acids is 2. The molecule has 4 aromatic rings. The van der Waals surface area contributed by atoms with Crippen molar-refractivity contribution < 1.29 is 19.1 Å². The summed E-state index contributed by atoms with van der Waals surface area (Å²) in [7, 11) is 0. The summed E-state index contributed by atoms with van der Waals surface area (Å²) < 4.78 is 11.9. The third kappa shape index (κ3) is 7.31. The van der Waals surface area contributed by atoms with E-state index in [4.69, 9.17) is 14.5 Å². The number of hydrogen-bond acceptors (Lipinski definition) is 5. The van der Waals surface area contributed by atoms with Crippen LogP contribution in [0.2, 0.25) is 0 Å². The minimum atomic E-state index is -0.646. The first-order valence-corrected chi connectivity index (χ1v) is 13.9. The van der Waals surface area contributed by atoms with Crippen molar-refractivity contribution in [3.05, 3.63) is 113 Å². The monoisotopic (exact) mass is 549 g/mol. The summed E-state index contributed by atoms with van der Waals surface area (Å²) in [6.45, 7) is 5.93. The fraction of sp³-hybridized carbons (Fsp3) is 0.265. The fourth-order valence-electron chi connectivity index (χ4n) is 4.92. The average Bonchev–Trinajstić information content (AvgIpc) is 2.95. The molecule has 0 radical (unpaired) electrons. The molecule has 210 valence electrons. The van der Waals surface area contributed by atoms with Crippen LogP contribution >= 0.6 is 0 Å². The summed E-state index contributed by atoms with van der Waals surface area (Å²) in [6.07, 6.45) is 0.910. The van der Waals surface area contributed by atoms with Crippen LogP contribution in [0, 0.1) is 0 Å². The minimum absolute atomic E-state index is 0.0820. The van der Waals surface area contributed by atoms with Gasteiger partial charge in [0.2, 0.25) is 5.91 Å². The zero-order valence-electron chi connectivity index (χ0n) is 23.6. The van der Waals surface area contributed by atoms with Crippen molar-refractivity contribution in [1.82, 2.24) is 10.3 Å². The maximum Gasteiger partial charge on any atom is 0.408 e. The van der Waals surface area contributed by atoms with Crippen molar-refractivity contribution in [1.29, 1.82) is 0 Å². The predicted molar refractivity (Wildman–Crippen MR) is 160 cm³/mol. The molecule has 0 bridgehead atoms. The highest BCUT2D eigenvalue weighted by atomic mass is 16.6. The van der Waals surface area contributed by atoms with Crippen molar-refractivity contribution in [2.75, 3.05) is 5.32 Å². The summed E-state index contributed by atoms with van der Waals surface area (Å²) in [6, 6.07) is 29.3. The van der Waals surface area contributed by atoms with Gasteiger partial charge in [-0.05, 0) is 68.5 Å².